The van der Waals surface area contributed by atoms with Gasteiger partial charge in [0.2, 0.25) is 0 Å². The van der Waals surface area contributed by atoms with Gasteiger partial charge in [0.25, 0.3) is 0 Å². The van der Waals surface area contributed by atoms with Crippen molar-refractivity contribution in [3.05, 3.63) is 23.8 Å². The van der Waals surface area contributed by atoms with Gasteiger partial charge >= 0.3 is 0 Å². The predicted molar refractivity (Wildman–Crippen MR) is 55.7 cm³/mol. The third-order valence-electron chi connectivity index (χ3n) is 2.65. The van der Waals surface area contributed by atoms with Gasteiger partial charge in [-0.1, -0.05) is 34.2 Å². The van der Waals surface area contributed by atoms with Gasteiger partial charge in [0, 0.05) is 17.7 Å². The molecule has 1 fully saturated rings. The van der Waals surface area contributed by atoms with Crippen molar-refractivity contribution >= 4 is 21.7 Å². The minimum atomic E-state index is -0.347. The van der Waals surface area contributed by atoms with E-state index in [9.17, 15) is 4.79 Å². The SMILES string of the molecule is NC1(C2=CCC(Br)C=C2)CC(=O)C1. The molecule has 1 unspecified atom stereocenters. The van der Waals surface area contributed by atoms with E-state index in [1.807, 2.05) is 6.08 Å². The fourth-order valence-electron chi connectivity index (χ4n) is 1.82. The van der Waals surface area contributed by atoms with Gasteiger partial charge in [-0.15, -0.1) is 0 Å². The van der Waals surface area contributed by atoms with Crippen molar-refractivity contribution < 1.29 is 4.79 Å². The van der Waals surface area contributed by atoms with E-state index < -0.39 is 0 Å². The van der Waals surface area contributed by atoms with Gasteiger partial charge in [-0.05, 0) is 12.0 Å². The fraction of sp³-hybridized carbons (Fsp3) is 0.500. The van der Waals surface area contributed by atoms with E-state index in [0.717, 1.165) is 12.0 Å². The molecule has 13 heavy (non-hydrogen) atoms. The fourth-order valence-corrected chi connectivity index (χ4v) is 2.16. The maximum Gasteiger partial charge on any atom is 0.137 e. The van der Waals surface area contributed by atoms with Crippen LogP contribution in [0.3, 0.4) is 0 Å². The molecule has 0 aromatic rings. The van der Waals surface area contributed by atoms with Crippen LogP contribution in [0.5, 0.6) is 0 Å². The first-order valence-electron chi connectivity index (χ1n) is 4.44. The Morgan fingerprint density at radius 2 is 2.23 bits per heavy atom. The Hall–Kier alpha value is -0.410. The molecule has 2 rings (SSSR count). The van der Waals surface area contributed by atoms with E-state index >= 15 is 0 Å². The van der Waals surface area contributed by atoms with E-state index in [2.05, 4.69) is 28.1 Å². The number of alkyl halides is 1. The summed E-state index contributed by atoms with van der Waals surface area (Å²) in [5, 5.41) is 0. The summed E-state index contributed by atoms with van der Waals surface area (Å²) < 4.78 is 0. The van der Waals surface area contributed by atoms with Gasteiger partial charge in [-0.3, -0.25) is 4.79 Å². The van der Waals surface area contributed by atoms with Crippen LogP contribution in [0.25, 0.3) is 0 Å². The Bertz CT molecular complexity index is 298. The summed E-state index contributed by atoms with van der Waals surface area (Å²) in [4.78, 5) is 11.3. The molecule has 2 aliphatic rings. The summed E-state index contributed by atoms with van der Waals surface area (Å²) in [7, 11) is 0. The molecule has 2 nitrogen and oxygen atoms in total. The molecule has 0 saturated heterocycles. The monoisotopic (exact) mass is 241 g/mol. The van der Waals surface area contributed by atoms with E-state index in [1.54, 1.807) is 0 Å². The van der Waals surface area contributed by atoms with Crippen LogP contribution in [0.1, 0.15) is 19.3 Å². The Kier molecular flexibility index (Phi) is 2.16. The van der Waals surface area contributed by atoms with Gasteiger partial charge in [0.15, 0.2) is 0 Å². The average molecular weight is 242 g/mol. The zero-order valence-electron chi connectivity index (χ0n) is 7.29. The number of nitrogens with two attached hydrogens (primary N) is 1. The molecule has 1 atom stereocenters. The molecule has 0 aromatic carbocycles. The highest BCUT2D eigenvalue weighted by Crippen LogP contribution is 2.35. The summed E-state index contributed by atoms with van der Waals surface area (Å²) in [6, 6.07) is 0. The molecule has 0 heterocycles. The van der Waals surface area contributed by atoms with Crippen LogP contribution in [0.15, 0.2) is 23.8 Å². The molecule has 0 amide bonds. The third kappa shape index (κ3) is 1.63. The highest BCUT2D eigenvalue weighted by atomic mass is 79.9. The standard InChI is InChI=1S/C10H12BrNO/c11-8-3-1-7(2-4-8)10(12)5-9(13)6-10/h1-3,8H,4-6,12H2. The van der Waals surface area contributed by atoms with Crippen molar-refractivity contribution in [1.82, 2.24) is 0 Å². The van der Waals surface area contributed by atoms with E-state index in [-0.39, 0.29) is 11.3 Å². The summed E-state index contributed by atoms with van der Waals surface area (Å²) >= 11 is 3.50. The number of ketones is 1. The van der Waals surface area contributed by atoms with Crippen LogP contribution in [0, 0.1) is 0 Å². The van der Waals surface area contributed by atoms with Crippen LogP contribution in [0.2, 0.25) is 0 Å². The lowest BCUT2D eigenvalue weighted by molar-refractivity contribution is -0.126. The molecule has 0 aliphatic heterocycles. The predicted octanol–water partition coefficient (Wildman–Crippen LogP) is 1.70. The van der Waals surface area contributed by atoms with Crippen LogP contribution < -0.4 is 5.73 Å². The maximum atomic E-state index is 10.9. The summed E-state index contributed by atoms with van der Waals surface area (Å²) in [6.07, 6.45) is 8.25. The number of hydrogen-bond acceptors (Lipinski definition) is 2. The maximum absolute atomic E-state index is 10.9. The molecule has 0 aromatic heterocycles. The number of Topliss-reactive ketones (excluding diaryl/α,β-unsaturated/α-hetero) is 1. The minimum Gasteiger partial charge on any atom is -0.321 e. The van der Waals surface area contributed by atoms with Crippen molar-refractivity contribution in [1.29, 1.82) is 0 Å². The molecule has 0 spiro atoms. The number of rotatable bonds is 1. The molecule has 2 N–H and O–H groups in total. The van der Waals surface area contributed by atoms with Gasteiger partial charge in [-0.25, -0.2) is 0 Å². The van der Waals surface area contributed by atoms with Crippen LogP contribution in [-0.2, 0) is 4.79 Å². The highest BCUT2D eigenvalue weighted by Gasteiger charge is 2.42. The number of carbonyl (C=O) groups is 1. The molecular formula is C10H12BrNO. The molecule has 0 bridgehead atoms. The second-order valence-electron chi connectivity index (χ2n) is 3.82. The Balaban J connectivity index is 2.11. The normalized spacial score (nSPS) is 31.1. The number of carbonyl (C=O) groups excluding carboxylic acids is 1. The molecule has 3 heteroatoms. The van der Waals surface area contributed by atoms with E-state index in [0.29, 0.717) is 17.7 Å². The van der Waals surface area contributed by atoms with Crippen molar-refractivity contribution in [2.75, 3.05) is 0 Å². The second-order valence-corrected chi connectivity index (χ2v) is 4.99. The van der Waals surface area contributed by atoms with E-state index in [1.165, 1.54) is 0 Å². The lowest BCUT2D eigenvalue weighted by Gasteiger charge is -2.38. The molecule has 70 valence electrons. The summed E-state index contributed by atoms with van der Waals surface area (Å²) in [5.74, 6) is 0.276. The summed E-state index contributed by atoms with van der Waals surface area (Å²) in [6.45, 7) is 0. The quantitative estimate of drug-likeness (QED) is 0.711. The number of allylic oxidation sites excluding steroid dienone is 2. The highest BCUT2D eigenvalue weighted by molar-refractivity contribution is 9.09. The smallest absolute Gasteiger partial charge is 0.137 e. The lowest BCUT2D eigenvalue weighted by Crippen LogP contribution is -2.53. The first-order valence-corrected chi connectivity index (χ1v) is 5.35. The second kappa shape index (κ2) is 3.07. The molecule has 0 radical (unpaired) electrons. The van der Waals surface area contributed by atoms with Gasteiger partial charge in [0.1, 0.15) is 5.78 Å². The Labute approximate surface area is 86.0 Å². The lowest BCUT2D eigenvalue weighted by atomic mass is 9.70. The largest absolute Gasteiger partial charge is 0.321 e. The van der Waals surface area contributed by atoms with Gasteiger partial charge < -0.3 is 5.73 Å². The molecule has 2 aliphatic carbocycles. The zero-order valence-corrected chi connectivity index (χ0v) is 8.88. The molecule has 1 saturated carbocycles. The zero-order chi connectivity index (χ0) is 9.47. The summed E-state index contributed by atoms with van der Waals surface area (Å²) in [5.41, 5.74) is 6.84. The first-order chi connectivity index (χ1) is 6.10. The molecular weight excluding hydrogens is 230 g/mol. The minimum absolute atomic E-state index is 0.276. The topological polar surface area (TPSA) is 43.1 Å². The Morgan fingerprint density at radius 1 is 1.54 bits per heavy atom. The Morgan fingerprint density at radius 3 is 2.69 bits per heavy atom. The van der Waals surface area contributed by atoms with Crippen LogP contribution in [-0.4, -0.2) is 16.1 Å². The third-order valence-corrected chi connectivity index (χ3v) is 3.33. The number of hydrogen-bond donors (Lipinski definition) is 1. The van der Waals surface area contributed by atoms with Crippen molar-refractivity contribution in [3.8, 4) is 0 Å². The van der Waals surface area contributed by atoms with Gasteiger partial charge in [0.05, 0.1) is 5.54 Å². The van der Waals surface area contributed by atoms with Gasteiger partial charge in [-0.2, -0.15) is 0 Å². The van der Waals surface area contributed by atoms with Crippen LogP contribution in [0.4, 0.5) is 0 Å². The van der Waals surface area contributed by atoms with E-state index in [4.69, 9.17) is 5.73 Å². The number of halogens is 1. The first kappa shape index (κ1) is 9.16. The average Bonchev–Trinajstić information content (AvgIpc) is 2.03. The van der Waals surface area contributed by atoms with Crippen molar-refractivity contribution in [2.24, 2.45) is 5.73 Å². The van der Waals surface area contributed by atoms with Crippen molar-refractivity contribution in [2.45, 2.75) is 29.6 Å². The van der Waals surface area contributed by atoms with Crippen molar-refractivity contribution in [3.63, 3.8) is 0 Å². The van der Waals surface area contributed by atoms with Crippen LogP contribution >= 0.6 is 15.9 Å².